The zero-order valence-electron chi connectivity index (χ0n) is 6.14. The van der Waals surface area contributed by atoms with Crippen LogP contribution in [-0.4, -0.2) is 11.3 Å². The molecule has 0 fully saturated rings. The smallest absolute Gasteiger partial charge is 0.405 e. The SMILES string of the molecule is Cc1[c]nccc1OC(F)(F)F. The second kappa shape index (κ2) is 3.00. The molecule has 1 heterocycles. The highest BCUT2D eigenvalue weighted by molar-refractivity contribution is 5.27. The number of rotatable bonds is 1. The van der Waals surface area contributed by atoms with Crippen LogP contribution in [0, 0.1) is 13.1 Å². The van der Waals surface area contributed by atoms with E-state index in [9.17, 15) is 13.2 Å². The minimum atomic E-state index is -4.65. The van der Waals surface area contributed by atoms with E-state index < -0.39 is 6.36 Å². The van der Waals surface area contributed by atoms with E-state index in [1.165, 1.54) is 13.1 Å². The van der Waals surface area contributed by atoms with E-state index in [2.05, 4.69) is 15.9 Å². The summed E-state index contributed by atoms with van der Waals surface area (Å²) in [4.78, 5) is 3.50. The van der Waals surface area contributed by atoms with Crippen LogP contribution in [0.25, 0.3) is 0 Å². The zero-order chi connectivity index (χ0) is 9.19. The highest BCUT2D eigenvalue weighted by atomic mass is 19.4. The first kappa shape index (κ1) is 8.83. The van der Waals surface area contributed by atoms with Crippen LogP contribution in [-0.2, 0) is 0 Å². The molecule has 0 spiro atoms. The van der Waals surface area contributed by atoms with Gasteiger partial charge in [0, 0.05) is 11.8 Å². The van der Waals surface area contributed by atoms with Crippen LogP contribution < -0.4 is 4.74 Å². The average Bonchev–Trinajstić information content (AvgIpc) is 1.91. The molecule has 5 heteroatoms. The highest BCUT2D eigenvalue weighted by Crippen LogP contribution is 2.24. The summed E-state index contributed by atoms with van der Waals surface area (Å²) in [7, 11) is 0. The minimum Gasteiger partial charge on any atom is -0.405 e. The number of ether oxygens (including phenoxy) is 1. The molecule has 1 rings (SSSR count). The van der Waals surface area contributed by atoms with Crippen LogP contribution in [0.1, 0.15) is 5.56 Å². The molecule has 0 aliphatic heterocycles. The topological polar surface area (TPSA) is 22.1 Å². The van der Waals surface area contributed by atoms with Gasteiger partial charge >= 0.3 is 6.36 Å². The van der Waals surface area contributed by atoms with Gasteiger partial charge in [0.05, 0.1) is 6.20 Å². The lowest BCUT2D eigenvalue weighted by Gasteiger charge is -2.09. The molecular weight excluding hydrogens is 171 g/mol. The summed E-state index contributed by atoms with van der Waals surface area (Å²) in [5.74, 6) is -0.266. The van der Waals surface area contributed by atoms with Crippen LogP contribution in [0.3, 0.4) is 0 Å². The molecule has 1 radical (unpaired) electrons. The monoisotopic (exact) mass is 176 g/mol. The Morgan fingerprint density at radius 2 is 2.17 bits per heavy atom. The normalized spacial score (nSPS) is 11.3. The van der Waals surface area contributed by atoms with Gasteiger partial charge in [-0.05, 0) is 13.0 Å². The maximum Gasteiger partial charge on any atom is 0.573 e. The van der Waals surface area contributed by atoms with Gasteiger partial charge in [-0.2, -0.15) is 0 Å². The summed E-state index contributed by atoms with van der Waals surface area (Å²) in [5.41, 5.74) is 0.231. The number of halogens is 3. The van der Waals surface area contributed by atoms with Gasteiger partial charge in [0.25, 0.3) is 0 Å². The molecule has 0 aliphatic rings. The van der Waals surface area contributed by atoms with Gasteiger partial charge in [-0.3, -0.25) is 4.98 Å². The fourth-order valence-electron chi connectivity index (χ4n) is 0.654. The third kappa shape index (κ3) is 2.41. The Labute approximate surface area is 67.0 Å². The summed E-state index contributed by atoms with van der Waals surface area (Å²) in [6.45, 7) is 1.44. The van der Waals surface area contributed by atoms with Crippen LogP contribution in [0.4, 0.5) is 13.2 Å². The maximum atomic E-state index is 11.7. The molecule has 0 unspecified atom stereocenters. The summed E-state index contributed by atoms with van der Waals surface area (Å²) < 4.78 is 38.7. The van der Waals surface area contributed by atoms with E-state index in [4.69, 9.17) is 0 Å². The predicted octanol–water partition coefficient (Wildman–Crippen LogP) is 2.09. The lowest BCUT2D eigenvalue weighted by molar-refractivity contribution is -0.274. The lowest BCUT2D eigenvalue weighted by atomic mass is 10.3. The van der Waals surface area contributed by atoms with Crippen molar-refractivity contribution < 1.29 is 17.9 Å². The van der Waals surface area contributed by atoms with Crippen LogP contribution >= 0.6 is 0 Å². The van der Waals surface area contributed by atoms with E-state index in [0.717, 1.165) is 6.07 Å². The van der Waals surface area contributed by atoms with Crippen molar-refractivity contribution in [3.8, 4) is 5.75 Å². The van der Waals surface area contributed by atoms with E-state index in [-0.39, 0.29) is 11.3 Å². The number of aryl methyl sites for hydroxylation is 1. The first-order valence-electron chi connectivity index (χ1n) is 3.08. The van der Waals surface area contributed by atoms with Crippen molar-refractivity contribution in [1.29, 1.82) is 0 Å². The number of pyridine rings is 1. The van der Waals surface area contributed by atoms with E-state index in [1.54, 1.807) is 0 Å². The van der Waals surface area contributed by atoms with Gasteiger partial charge in [0.15, 0.2) is 0 Å². The fraction of sp³-hybridized carbons (Fsp3) is 0.286. The number of alkyl halides is 3. The Bertz CT molecular complexity index is 272. The third-order valence-corrected chi connectivity index (χ3v) is 1.13. The maximum absolute atomic E-state index is 11.7. The first-order valence-corrected chi connectivity index (χ1v) is 3.08. The van der Waals surface area contributed by atoms with Crippen molar-refractivity contribution in [3.05, 3.63) is 24.0 Å². The van der Waals surface area contributed by atoms with Crippen molar-refractivity contribution in [2.75, 3.05) is 0 Å². The van der Waals surface area contributed by atoms with Crippen LogP contribution in [0.2, 0.25) is 0 Å². The average molecular weight is 176 g/mol. The fourth-order valence-corrected chi connectivity index (χ4v) is 0.654. The summed E-state index contributed by atoms with van der Waals surface area (Å²) in [6.07, 6.45) is -1.12. The Balaban J connectivity index is 2.83. The summed E-state index contributed by atoms with van der Waals surface area (Å²) >= 11 is 0. The van der Waals surface area contributed by atoms with E-state index in [1.807, 2.05) is 0 Å². The van der Waals surface area contributed by atoms with Crippen LogP contribution in [0.15, 0.2) is 12.3 Å². The van der Waals surface area contributed by atoms with Crippen LogP contribution in [0.5, 0.6) is 5.75 Å². The van der Waals surface area contributed by atoms with E-state index >= 15 is 0 Å². The number of hydrogen-bond donors (Lipinski definition) is 0. The molecule has 0 bridgehead atoms. The summed E-state index contributed by atoms with van der Waals surface area (Å²) in [5, 5.41) is 0. The van der Waals surface area contributed by atoms with Crippen molar-refractivity contribution in [3.63, 3.8) is 0 Å². The number of hydrogen-bond acceptors (Lipinski definition) is 2. The largest absolute Gasteiger partial charge is 0.573 e. The quantitative estimate of drug-likeness (QED) is 0.653. The van der Waals surface area contributed by atoms with Crippen molar-refractivity contribution in [2.24, 2.45) is 0 Å². The molecule has 0 amide bonds. The summed E-state index contributed by atoms with van der Waals surface area (Å²) in [6, 6.07) is 1.14. The second-order valence-corrected chi connectivity index (χ2v) is 2.09. The van der Waals surface area contributed by atoms with Gasteiger partial charge in [0.1, 0.15) is 5.75 Å². The zero-order valence-corrected chi connectivity index (χ0v) is 6.14. The molecular formula is C7H5F3NO. The third-order valence-electron chi connectivity index (χ3n) is 1.13. The molecule has 12 heavy (non-hydrogen) atoms. The number of nitrogens with zero attached hydrogens (tertiary/aromatic N) is 1. The van der Waals surface area contributed by atoms with E-state index in [0.29, 0.717) is 0 Å². The molecule has 0 atom stereocenters. The predicted molar refractivity (Wildman–Crippen MR) is 34.5 cm³/mol. The van der Waals surface area contributed by atoms with Crippen molar-refractivity contribution >= 4 is 0 Å². The molecule has 2 nitrogen and oxygen atoms in total. The van der Waals surface area contributed by atoms with Gasteiger partial charge in [-0.25, -0.2) is 0 Å². The molecule has 0 saturated heterocycles. The first-order chi connectivity index (χ1) is 5.49. The van der Waals surface area contributed by atoms with Gasteiger partial charge in [0.2, 0.25) is 0 Å². The molecule has 1 aromatic rings. The minimum absolute atomic E-state index is 0.231. The molecule has 0 aliphatic carbocycles. The molecule has 65 valence electrons. The Kier molecular flexibility index (Phi) is 2.21. The van der Waals surface area contributed by atoms with Gasteiger partial charge in [-0.15, -0.1) is 13.2 Å². The molecule has 0 saturated carbocycles. The second-order valence-electron chi connectivity index (χ2n) is 2.09. The highest BCUT2D eigenvalue weighted by Gasteiger charge is 2.31. The van der Waals surface area contributed by atoms with Crippen molar-refractivity contribution in [1.82, 2.24) is 4.98 Å². The molecule has 0 N–H and O–H groups in total. The Hall–Kier alpha value is -1.26. The number of aromatic nitrogens is 1. The lowest BCUT2D eigenvalue weighted by Crippen LogP contribution is -2.17. The Morgan fingerprint density at radius 3 is 2.67 bits per heavy atom. The molecule has 1 aromatic heterocycles. The Morgan fingerprint density at radius 1 is 1.50 bits per heavy atom. The van der Waals surface area contributed by atoms with Gasteiger partial charge < -0.3 is 4.74 Å². The standard InChI is InChI=1S/C7H5F3NO/c1-5-4-11-3-2-6(5)12-7(8,9)10/h2-3H,1H3. The van der Waals surface area contributed by atoms with Crippen molar-refractivity contribution in [2.45, 2.75) is 13.3 Å². The molecule has 0 aromatic carbocycles. The van der Waals surface area contributed by atoms with Gasteiger partial charge in [-0.1, -0.05) is 0 Å².